The summed E-state index contributed by atoms with van der Waals surface area (Å²) in [6.07, 6.45) is 1.56. The second kappa shape index (κ2) is 5.44. The van der Waals surface area contributed by atoms with Crippen molar-refractivity contribution in [1.29, 1.82) is 0 Å². The topological polar surface area (TPSA) is 60.9 Å². The third-order valence-corrected chi connectivity index (χ3v) is 3.40. The summed E-state index contributed by atoms with van der Waals surface area (Å²) in [5.41, 5.74) is 8.86. The number of aryl methyl sites for hydroxylation is 1. The molecule has 3 rings (SSSR count). The molecule has 4 nitrogen and oxygen atoms in total. The standard InChI is InChI=1S/C17H14FN3O/c1-11-2-4-12(5-3-11)16-15(17(19)22)10-21(20-16)14-8-6-13(18)7-9-14/h2-10H,1H3,(H2,19,22). The average molecular weight is 295 g/mol. The maximum Gasteiger partial charge on any atom is 0.252 e. The molecule has 0 aliphatic carbocycles. The fourth-order valence-electron chi connectivity index (χ4n) is 2.20. The highest BCUT2D eigenvalue weighted by atomic mass is 19.1. The molecule has 0 saturated carbocycles. The van der Waals surface area contributed by atoms with E-state index in [4.69, 9.17) is 5.73 Å². The first-order valence-corrected chi connectivity index (χ1v) is 6.77. The lowest BCUT2D eigenvalue weighted by atomic mass is 10.1. The van der Waals surface area contributed by atoms with Crippen molar-refractivity contribution in [3.63, 3.8) is 0 Å². The molecule has 1 aromatic heterocycles. The van der Waals surface area contributed by atoms with E-state index in [-0.39, 0.29) is 5.82 Å². The highest BCUT2D eigenvalue weighted by Crippen LogP contribution is 2.24. The molecule has 0 bridgehead atoms. The van der Waals surface area contributed by atoms with Crippen LogP contribution in [0.15, 0.2) is 54.7 Å². The van der Waals surface area contributed by atoms with Gasteiger partial charge in [0.25, 0.3) is 5.91 Å². The summed E-state index contributed by atoms with van der Waals surface area (Å²) < 4.78 is 14.5. The van der Waals surface area contributed by atoms with Gasteiger partial charge < -0.3 is 5.73 Å². The molecule has 0 unspecified atom stereocenters. The van der Waals surface area contributed by atoms with Crippen molar-refractivity contribution >= 4 is 5.91 Å². The number of nitrogens with two attached hydrogens (primary N) is 1. The van der Waals surface area contributed by atoms with Crippen molar-refractivity contribution in [2.24, 2.45) is 5.73 Å². The molecule has 0 radical (unpaired) electrons. The molecule has 1 heterocycles. The lowest BCUT2D eigenvalue weighted by Gasteiger charge is -2.01. The molecule has 110 valence electrons. The van der Waals surface area contributed by atoms with Crippen LogP contribution in [-0.4, -0.2) is 15.7 Å². The molecule has 5 heteroatoms. The molecule has 0 atom stereocenters. The van der Waals surface area contributed by atoms with Gasteiger partial charge in [0.1, 0.15) is 11.5 Å². The van der Waals surface area contributed by atoms with E-state index in [1.807, 2.05) is 31.2 Å². The zero-order valence-corrected chi connectivity index (χ0v) is 12.0. The number of halogens is 1. The molecule has 1 amide bonds. The quantitative estimate of drug-likeness (QED) is 0.807. The summed E-state index contributed by atoms with van der Waals surface area (Å²) in [6, 6.07) is 13.5. The molecule has 0 fully saturated rings. The smallest absolute Gasteiger partial charge is 0.252 e. The van der Waals surface area contributed by atoms with Gasteiger partial charge in [0.2, 0.25) is 0 Å². The Morgan fingerprint density at radius 2 is 1.73 bits per heavy atom. The van der Waals surface area contributed by atoms with Crippen LogP contribution in [0.3, 0.4) is 0 Å². The summed E-state index contributed by atoms with van der Waals surface area (Å²) in [5.74, 6) is -0.881. The summed E-state index contributed by atoms with van der Waals surface area (Å²) >= 11 is 0. The Morgan fingerprint density at radius 1 is 1.09 bits per heavy atom. The molecule has 0 aliphatic heterocycles. The number of nitrogens with zero attached hydrogens (tertiary/aromatic N) is 2. The first kappa shape index (κ1) is 14.0. The third kappa shape index (κ3) is 2.61. The molecule has 22 heavy (non-hydrogen) atoms. The number of benzene rings is 2. The van der Waals surface area contributed by atoms with Gasteiger partial charge in [0.05, 0.1) is 11.3 Å². The van der Waals surface area contributed by atoms with Crippen LogP contribution in [0, 0.1) is 12.7 Å². The van der Waals surface area contributed by atoms with Crippen LogP contribution in [0.4, 0.5) is 4.39 Å². The minimum absolute atomic E-state index is 0.327. The van der Waals surface area contributed by atoms with E-state index in [0.29, 0.717) is 16.9 Å². The zero-order valence-electron chi connectivity index (χ0n) is 12.0. The Balaban J connectivity index is 2.11. The van der Waals surface area contributed by atoms with Crippen molar-refractivity contribution < 1.29 is 9.18 Å². The van der Waals surface area contributed by atoms with Crippen LogP contribution in [-0.2, 0) is 0 Å². The van der Waals surface area contributed by atoms with E-state index >= 15 is 0 Å². The highest BCUT2D eigenvalue weighted by molar-refractivity contribution is 5.98. The molecule has 0 spiro atoms. The molecular weight excluding hydrogens is 281 g/mol. The van der Waals surface area contributed by atoms with Crippen LogP contribution < -0.4 is 5.73 Å². The summed E-state index contributed by atoms with van der Waals surface area (Å²) in [7, 11) is 0. The number of hydrogen-bond acceptors (Lipinski definition) is 2. The van der Waals surface area contributed by atoms with Crippen molar-refractivity contribution in [2.45, 2.75) is 6.92 Å². The van der Waals surface area contributed by atoms with Gasteiger partial charge in [-0.1, -0.05) is 29.8 Å². The van der Waals surface area contributed by atoms with E-state index in [9.17, 15) is 9.18 Å². The van der Waals surface area contributed by atoms with Crippen LogP contribution >= 0.6 is 0 Å². The fraction of sp³-hybridized carbons (Fsp3) is 0.0588. The largest absolute Gasteiger partial charge is 0.365 e. The van der Waals surface area contributed by atoms with E-state index < -0.39 is 5.91 Å². The normalized spacial score (nSPS) is 10.6. The molecule has 2 N–H and O–H groups in total. The lowest BCUT2D eigenvalue weighted by Crippen LogP contribution is -2.11. The lowest BCUT2D eigenvalue weighted by molar-refractivity contribution is 0.100. The summed E-state index contributed by atoms with van der Waals surface area (Å²) in [6.45, 7) is 1.98. The predicted molar refractivity (Wildman–Crippen MR) is 82.2 cm³/mol. The van der Waals surface area contributed by atoms with Crippen molar-refractivity contribution in [2.75, 3.05) is 0 Å². The van der Waals surface area contributed by atoms with Crippen LogP contribution in [0.5, 0.6) is 0 Å². The second-order valence-electron chi connectivity index (χ2n) is 5.04. The Hall–Kier alpha value is -2.95. The summed E-state index contributed by atoms with van der Waals surface area (Å²) in [5, 5.41) is 4.42. The molecule has 2 aromatic carbocycles. The minimum atomic E-state index is -0.552. The molecular formula is C17H14FN3O. The number of aromatic nitrogens is 2. The molecule has 3 aromatic rings. The first-order chi connectivity index (χ1) is 10.5. The molecule has 0 saturated heterocycles. The maximum absolute atomic E-state index is 13.0. The monoisotopic (exact) mass is 295 g/mol. The number of carbonyl (C=O) groups excluding carboxylic acids is 1. The number of rotatable bonds is 3. The van der Waals surface area contributed by atoms with Crippen molar-refractivity contribution in [3.05, 3.63) is 71.7 Å². The number of hydrogen-bond donors (Lipinski definition) is 1. The van der Waals surface area contributed by atoms with E-state index in [0.717, 1.165) is 11.1 Å². The Labute approximate surface area is 127 Å². The Bertz CT molecular complexity index is 820. The van der Waals surface area contributed by atoms with Crippen molar-refractivity contribution in [3.8, 4) is 16.9 Å². The number of carbonyl (C=O) groups is 1. The zero-order chi connectivity index (χ0) is 15.7. The first-order valence-electron chi connectivity index (χ1n) is 6.77. The third-order valence-electron chi connectivity index (χ3n) is 3.40. The van der Waals surface area contributed by atoms with E-state index in [1.165, 1.54) is 16.8 Å². The number of primary amides is 1. The van der Waals surface area contributed by atoms with Gasteiger partial charge in [0, 0.05) is 11.8 Å². The summed E-state index contributed by atoms with van der Waals surface area (Å²) in [4.78, 5) is 11.7. The van der Waals surface area contributed by atoms with Gasteiger partial charge in [-0.25, -0.2) is 9.07 Å². The second-order valence-corrected chi connectivity index (χ2v) is 5.04. The Kier molecular flexibility index (Phi) is 3.47. The van der Waals surface area contributed by atoms with Gasteiger partial charge in [-0.3, -0.25) is 4.79 Å². The van der Waals surface area contributed by atoms with Gasteiger partial charge in [-0.05, 0) is 31.2 Å². The van der Waals surface area contributed by atoms with Gasteiger partial charge in [-0.2, -0.15) is 5.10 Å². The predicted octanol–water partition coefficient (Wildman–Crippen LogP) is 3.09. The van der Waals surface area contributed by atoms with Crippen molar-refractivity contribution in [1.82, 2.24) is 9.78 Å². The van der Waals surface area contributed by atoms with E-state index in [1.54, 1.807) is 18.3 Å². The van der Waals surface area contributed by atoms with Crippen LogP contribution in [0.1, 0.15) is 15.9 Å². The van der Waals surface area contributed by atoms with Gasteiger partial charge in [-0.15, -0.1) is 0 Å². The van der Waals surface area contributed by atoms with Gasteiger partial charge >= 0.3 is 0 Å². The average Bonchev–Trinajstić information content (AvgIpc) is 2.94. The van der Waals surface area contributed by atoms with Crippen LogP contribution in [0.2, 0.25) is 0 Å². The minimum Gasteiger partial charge on any atom is -0.365 e. The number of amides is 1. The highest BCUT2D eigenvalue weighted by Gasteiger charge is 2.16. The van der Waals surface area contributed by atoms with E-state index in [2.05, 4.69) is 5.10 Å². The fourth-order valence-corrected chi connectivity index (χ4v) is 2.20. The van der Waals surface area contributed by atoms with Gasteiger partial charge in [0.15, 0.2) is 0 Å². The molecule has 0 aliphatic rings. The Morgan fingerprint density at radius 3 is 2.32 bits per heavy atom. The maximum atomic E-state index is 13.0. The van der Waals surface area contributed by atoms with Crippen LogP contribution in [0.25, 0.3) is 16.9 Å². The SMILES string of the molecule is Cc1ccc(-c2nn(-c3ccc(F)cc3)cc2C(N)=O)cc1.